The molecular weight excluding hydrogens is 430 g/mol. The van der Waals surface area contributed by atoms with E-state index >= 15 is 4.39 Å². The summed E-state index contributed by atoms with van der Waals surface area (Å²) < 4.78 is 30.6. The van der Waals surface area contributed by atoms with E-state index in [0.29, 0.717) is 42.9 Å². The molecule has 2 aromatic carbocycles. The number of anilines is 1. The van der Waals surface area contributed by atoms with E-state index in [1.165, 1.54) is 18.5 Å². The number of hydrazone groups is 1. The number of hydrogen-bond donors (Lipinski definition) is 1. The lowest BCUT2D eigenvalue weighted by Gasteiger charge is -2.35. The van der Waals surface area contributed by atoms with Gasteiger partial charge in [0.05, 0.1) is 30.5 Å². The molecule has 0 amide bonds. The minimum Gasteiger partial charge on any atom is -0.477 e. The van der Waals surface area contributed by atoms with Gasteiger partial charge in [0.1, 0.15) is 17.2 Å². The highest BCUT2D eigenvalue weighted by molar-refractivity contribution is 5.93. The lowest BCUT2D eigenvalue weighted by Crippen LogP contribution is -2.44. The molecular formula is C24H22F2N4O3. The van der Waals surface area contributed by atoms with E-state index < -0.39 is 17.2 Å². The highest BCUT2D eigenvalue weighted by Gasteiger charge is 2.28. The van der Waals surface area contributed by atoms with Crippen LogP contribution in [0.25, 0.3) is 10.9 Å². The van der Waals surface area contributed by atoms with Crippen LogP contribution in [0.15, 0.2) is 52.5 Å². The van der Waals surface area contributed by atoms with E-state index in [4.69, 9.17) is 0 Å². The Kier molecular flexibility index (Phi) is 5.32. The van der Waals surface area contributed by atoms with Gasteiger partial charge >= 0.3 is 5.97 Å². The number of piperazine rings is 1. The summed E-state index contributed by atoms with van der Waals surface area (Å²) in [5, 5.41) is 15.6. The zero-order valence-electron chi connectivity index (χ0n) is 17.7. The van der Waals surface area contributed by atoms with Crippen LogP contribution in [-0.2, 0) is 0 Å². The number of nitrogens with zero attached hydrogens (tertiary/aromatic N) is 4. The Morgan fingerprint density at radius 1 is 1.06 bits per heavy atom. The number of pyridine rings is 1. The van der Waals surface area contributed by atoms with Gasteiger partial charge in [-0.3, -0.25) is 9.80 Å². The van der Waals surface area contributed by atoms with E-state index in [2.05, 4.69) is 5.10 Å². The van der Waals surface area contributed by atoms with Gasteiger partial charge in [0.25, 0.3) is 0 Å². The third-order valence-electron chi connectivity index (χ3n) is 6.13. The average molecular weight is 452 g/mol. The molecule has 3 aromatic rings. The van der Waals surface area contributed by atoms with E-state index in [0.717, 1.165) is 18.9 Å². The molecule has 170 valence electrons. The summed E-state index contributed by atoms with van der Waals surface area (Å²) in [6.07, 6.45) is 4.64. The van der Waals surface area contributed by atoms with Crippen LogP contribution in [0.1, 0.15) is 34.8 Å². The van der Waals surface area contributed by atoms with Crippen LogP contribution in [0.3, 0.4) is 0 Å². The number of aromatic nitrogens is 1. The molecule has 33 heavy (non-hydrogen) atoms. The Bertz CT molecular complexity index is 1330. The van der Waals surface area contributed by atoms with Crippen LogP contribution in [0.4, 0.5) is 14.5 Å². The van der Waals surface area contributed by atoms with E-state index in [1.807, 2.05) is 4.90 Å². The van der Waals surface area contributed by atoms with E-state index in [-0.39, 0.29) is 22.8 Å². The lowest BCUT2D eigenvalue weighted by molar-refractivity contribution is 0.0695. The minimum absolute atomic E-state index is 0.0798. The Morgan fingerprint density at radius 2 is 1.79 bits per heavy atom. The maximum absolute atomic E-state index is 15.1. The molecule has 9 heteroatoms. The van der Waals surface area contributed by atoms with Gasteiger partial charge in [-0.1, -0.05) is 18.2 Å². The fourth-order valence-electron chi connectivity index (χ4n) is 4.18. The molecule has 1 saturated carbocycles. The maximum Gasteiger partial charge on any atom is 0.341 e. The average Bonchev–Trinajstić information content (AvgIpc) is 3.64. The molecule has 2 heterocycles. The molecule has 0 unspecified atom stereocenters. The van der Waals surface area contributed by atoms with E-state index in [1.54, 1.807) is 33.8 Å². The molecule has 0 bridgehead atoms. The first-order chi connectivity index (χ1) is 15.9. The standard InChI is InChI=1S/C24H22F2N4O3/c25-19-4-2-1-3-15(19)13-27-29-9-7-28(8-10-29)22-12-21-17(11-20(22)26)23(31)18(24(32)33)14-30(21)16-5-6-16/h1-4,11-14,16H,5-10H2,(H,32,33)/b27-13+. The Balaban J connectivity index is 1.41. The number of aromatic carboxylic acids is 1. The van der Waals surface area contributed by atoms with Gasteiger partial charge in [0.2, 0.25) is 5.43 Å². The monoisotopic (exact) mass is 452 g/mol. The number of rotatable bonds is 5. The molecule has 0 radical (unpaired) electrons. The van der Waals surface area contributed by atoms with Crippen LogP contribution in [0, 0.1) is 11.6 Å². The van der Waals surface area contributed by atoms with Crippen LogP contribution in [-0.4, -0.2) is 53.0 Å². The smallest absolute Gasteiger partial charge is 0.341 e. The van der Waals surface area contributed by atoms with Gasteiger partial charge in [-0.25, -0.2) is 13.6 Å². The second-order valence-corrected chi connectivity index (χ2v) is 8.34. The van der Waals surface area contributed by atoms with Crippen molar-refractivity contribution in [3.8, 4) is 0 Å². The first-order valence-corrected chi connectivity index (χ1v) is 10.8. The highest BCUT2D eigenvalue weighted by Crippen LogP contribution is 2.38. The first kappa shape index (κ1) is 21.1. The zero-order valence-corrected chi connectivity index (χ0v) is 17.7. The van der Waals surface area contributed by atoms with Gasteiger partial charge < -0.3 is 14.6 Å². The minimum atomic E-state index is -1.31. The van der Waals surface area contributed by atoms with Crippen molar-refractivity contribution in [3.63, 3.8) is 0 Å². The van der Waals surface area contributed by atoms with Gasteiger partial charge in [-0.05, 0) is 31.0 Å². The second kappa shape index (κ2) is 8.31. The summed E-state index contributed by atoms with van der Waals surface area (Å²) in [5.41, 5.74) is 0.301. The summed E-state index contributed by atoms with van der Waals surface area (Å²) in [5.74, 6) is -2.22. The molecule has 2 fully saturated rings. The number of halogens is 2. The van der Waals surface area contributed by atoms with Crippen LogP contribution < -0.4 is 10.3 Å². The van der Waals surface area contributed by atoms with Crippen molar-refractivity contribution in [2.45, 2.75) is 18.9 Å². The fourth-order valence-corrected chi connectivity index (χ4v) is 4.18. The molecule has 1 N–H and O–H groups in total. The zero-order chi connectivity index (χ0) is 23.1. The fraction of sp³-hybridized carbons (Fsp3) is 0.292. The number of carbonyl (C=O) groups is 1. The number of hydrogen-bond acceptors (Lipinski definition) is 5. The summed E-state index contributed by atoms with van der Waals surface area (Å²) in [7, 11) is 0. The number of fused-ring (bicyclic) bond motifs is 1. The normalized spacial score (nSPS) is 16.7. The SMILES string of the molecule is O=C(O)c1cn(C2CC2)c2cc(N3CCN(/N=C/c4ccccc4F)CC3)c(F)cc2c1=O. The Morgan fingerprint density at radius 3 is 2.45 bits per heavy atom. The quantitative estimate of drug-likeness (QED) is 0.600. The van der Waals surface area contributed by atoms with Crippen molar-refractivity contribution in [2.75, 3.05) is 31.1 Å². The third kappa shape index (κ3) is 4.06. The molecule has 2 aliphatic rings. The van der Waals surface area contributed by atoms with Crippen molar-refractivity contribution in [3.05, 3.63) is 75.6 Å². The second-order valence-electron chi connectivity index (χ2n) is 8.34. The maximum atomic E-state index is 15.1. The van der Waals surface area contributed by atoms with Gasteiger partial charge in [-0.15, -0.1) is 0 Å². The topological polar surface area (TPSA) is 78.1 Å². The van der Waals surface area contributed by atoms with Crippen LogP contribution in [0.5, 0.6) is 0 Å². The van der Waals surface area contributed by atoms with Crippen molar-refractivity contribution >= 4 is 28.8 Å². The molecule has 1 aliphatic carbocycles. The van der Waals surface area contributed by atoms with Crippen molar-refractivity contribution in [1.29, 1.82) is 0 Å². The molecule has 7 nitrogen and oxygen atoms in total. The number of carboxylic acids is 1. The summed E-state index contributed by atoms with van der Waals surface area (Å²) in [6.45, 7) is 2.04. The third-order valence-corrected chi connectivity index (χ3v) is 6.13. The summed E-state index contributed by atoms with van der Waals surface area (Å²) >= 11 is 0. The molecule has 1 aromatic heterocycles. The van der Waals surface area contributed by atoms with Crippen molar-refractivity contribution in [2.24, 2.45) is 5.10 Å². The van der Waals surface area contributed by atoms with Gasteiger partial charge in [0, 0.05) is 36.3 Å². The molecule has 1 aliphatic heterocycles. The predicted octanol–water partition coefficient (Wildman–Crippen LogP) is 3.47. The van der Waals surface area contributed by atoms with Crippen LogP contribution >= 0.6 is 0 Å². The van der Waals surface area contributed by atoms with Gasteiger partial charge in [0.15, 0.2) is 0 Å². The summed E-state index contributed by atoms with van der Waals surface area (Å²) in [4.78, 5) is 26.0. The highest BCUT2D eigenvalue weighted by atomic mass is 19.1. The lowest BCUT2D eigenvalue weighted by atomic mass is 10.1. The summed E-state index contributed by atoms with van der Waals surface area (Å²) in [6, 6.07) is 9.31. The number of benzene rings is 2. The predicted molar refractivity (Wildman–Crippen MR) is 121 cm³/mol. The van der Waals surface area contributed by atoms with Crippen LogP contribution in [0.2, 0.25) is 0 Å². The Labute approximate surface area is 188 Å². The molecule has 0 spiro atoms. The molecule has 5 rings (SSSR count). The van der Waals surface area contributed by atoms with Crippen molar-refractivity contribution < 1.29 is 18.7 Å². The van der Waals surface area contributed by atoms with E-state index in [9.17, 15) is 19.1 Å². The Hall–Kier alpha value is -3.75. The molecule has 1 saturated heterocycles. The molecule has 0 atom stereocenters. The van der Waals surface area contributed by atoms with Gasteiger partial charge in [-0.2, -0.15) is 5.10 Å². The van der Waals surface area contributed by atoms with Crippen molar-refractivity contribution in [1.82, 2.24) is 9.58 Å². The first-order valence-electron chi connectivity index (χ1n) is 10.8. The number of carboxylic acid groups (broad SMARTS) is 1. The largest absolute Gasteiger partial charge is 0.477 e.